The molecule has 0 saturated heterocycles. The quantitative estimate of drug-likeness (QED) is 0.709. The van der Waals surface area contributed by atoms with E-state index in [-0.39, 0.29) is 11.3 Å². The van der Waals surface area contributed by atoms with Gasteiger partial charge in [-0.05, 0) is 19.1 Å². The van der Waals surface area contributed by atoms with E-state index in [0.717, 1.165) is 0 Å². The zero-order chi connectivity index (χ0) is 20.4. The van der Waals surface area contributed by atoms with E-state index < -0.39 is 30.6 Å². The molecule has 2 N–H and O–H groups in total. The van der Waals surface area contributed by atoms with Crippen LogP contribution in [0, 0.1) is 11.3 Å². The third-order valence-electron chi connectivity index (χ3n) is 3.52. The molecule has 0 radical (unpaired) electrons. The summed E-state index contributed by atoms with van der Waals surface area (Å²) in [6, 6.07) is 16.0. The first-order valence-electron chi connectivity index (χ1n) is 8.50. The number of benzene rings is 2. The molecule has 8 nitrogen and oxygen atoms in total. The Morgan fingerprint density at radius 1 is 1.07 bits per heavy atom. The number of esters is 1. The fourth-order valence-corrected chi connectivity index (χ4v) is 2.27. The van der Waals surface area contributed by atoms with E-state index in [2.05, 4.69) is 10.6 Å². The molecule has 28 heavy (non-hydrogen) atoms. The van der Waals surface area contributed by atoms with E-state index in [1.165, 1.54) is 0 Å². The fourth-order valence-electron chi connectivity index (χ4n) is 2.27. The number of carbonyl (C=O) groups excluding carboxylic acids is 3. The zero-order valence-electron chi connectivity index (χ0n) is 15.2. The van der Waals surface area contributed by atoms with Crippen LogP contribution in [0.25, 0.3) is 0 Å². The summed E-state index contributed by atoms with van der Waals surface area (Å²) in [6.07, 6.45) is -1.33. The van der Waals surface area contributed by atoms with Crippen LogP contribution in [0.5, 0.6) is 5.75 Å². The number of amides is 3. The number of rotatable bonds is 7. The van der Waals surface area contributed by atoms with Crippen molar-refractivity contribution in [1.29, 1.82) is 5.26 Å². The van der Waals surface area contributed by atoms with Crippen LogP contribution >= 0.6 is 0 Å². The number of para-hydroxylation sites is 1. The first-order valence-corrected chi connectivity index (χ1v) is 8.50. The number of urea groups is 1. The second kappa shape index (κ2) is 10.3. The van der Waals surface area contributed by atoms with Gasteiger partial charge in [0.25, 0.3) is 5.91 Å². The minimum Gasteiger partial charge on any atom is -0.481 e. The molecule has 0 aromatic heterocycles. The Hall–Kier alpha value is -3.86. The molecule has 0 saturated carbocycles. The van der Waals surface area contributed by atoms with E-state index >= 15 is 0 Å². The predicted octanol–water partition coefficient (Wildman–Crippen LogP) is 2.07. The molecule has 144 valence electrons. The van der Waals surface area contributed by atoms with Gasteiger partial charge in [-0.25, -0.2) is 9.59 Å². The van der Waals surface area contributed by atoms with E-state index in [1.54, 1.807) is 61.5 Å². The number of nitriles is 1. The summed E-state index contributed by atoms with van der Waals surface area (Å²) in [7, 11) is 0. The van der Waals surface area contributed by atoms with Crippen molar-refractivity contribution in [1.82, 2.24) is 10.6 Å². The Bertz CT molecular complexity index is 877. The van der Waals surface area contributed by atoms with Crippen LogP contribution in [0.2, 0.25) is 0 Å². The van der Waals surface area contributed by atoms with E-state index in [0.29, 0.717) is 12.1 Å². The number of hydrogen-bond donors (Lipinski definition) is 2. The van der Waals surface area contributed by atoms with Gasteiger partial charge in [0.15, 0.2) is 6.61 Å². The van der Waals surface area contributed by atoms with Gasteiger partial charge in [-0.15, -0.1) is 0 Å². The van der Waals surface area contributed by atoms with Crippen molar-refractivity contribution in [2.75, 3.05) is 13.2 Å². The highest BCUT2D eigenvalue weighted by Gasteiger charge is 2.26. The largest absolute Gasteiger partial charge is 0.481 e. The number of carbonyl (C=O) groups is 3. The van der Waals surface area contributed by atoms with Crippen molar-refractivity contribution in [3.63, 3.8) is 0 Å². The second-order valence-corrected chi connectivity index (χ2v) is 5.53. The maximum Gasteiger partial charge on any atom is 0.345 e. The minimum absolute atomic E-state index is 0.227. The molecule has 1 atom stereocenters. The SMILES string of the molecule is CCNC(=O)NC(=O)[C@H](OC(=O)COc1ccccc1C#N)c1ccccc1. The predicted molar refractivity (Wildman–Crippen MR) is 99.1 cm³/mol. The summed E-state index contributed by atoms with van der Waals surface area (Å²) >= 11 is 0. The number of ether oxygens (including phenoxy) is 2. The van der Waals surface area contributed by atoms with E-state index in [9.17, 15) is 14.4 Å². The van der Waals surface area contributed by atoms with Gasteiger partial charge < -0.3 is 14.8 Å². The van der Waals surface area contributed by atoms with Gasteiger partial charge in [-0.3, -0.25) is 10.1 Å². The van der Waals surface area contributed by atoms with Crippen LogP contribution in [0.4, 0.5) is 4.79 Å². The van der Waals surface area contributed by atoms with Gasteiger partial charge in [0, 0.05) is 12.1 Å². The lowest BCUT2D eigenvalue weighted by atomic mass is 10.1. The maximum atomic E-state index is 12.4. The van der Waals surface area contributed by atoms with E-state index in [4.69, 9.17) is 14.7 Å². The average Bonchev–Trinajstić information content (AvgIpc) is 2.71. The maximum absolute atomic E-state index is 12.4. The van der Waals surface area contributed by atoms with Gasteiger partial charge in [-0.1, -0.05) is 42.5 Å². The molecule has 0 spiro atoms. The Labute approximate surface area is 162 Å². The molecule has 3 amide bonds. The third-order valence-corrected chi connectivity index (χ3v) is 3.52. The molecule has 0 bridgehead atoms. The highest BCUT2D eigenvalue weighted by molar-refractivity contribution is 5.97. The molecule has 2 aromatic rings. The average molecular weight is 381 g/mol. The number of hydrogen-bond acceptors (Lipinski definition) is 6. The third kappa shape index (κ3) is 5.85. The summed E-state index contributed by atoms with van der Waals surface area (Å²) < 4.78 is 10.6. The topological polar surface area (TPSA) is 118 Å². The van der Waals surface area contributed by atoms with Crippen molar-refractivity contribution < 1.29 is 23.9 Å². The van der Waals surface area contributed by atoms with Crippen molar-refractivity contribution in [3.8, 4) is 11.8 Å². The number of imide groups is 1. The summed E-state index contributed by atoms with van der Waals surface area (Å²) in [5, 5.41) is 13.6. The normalized spacial score (nSPS) is 10.9. The van der Waals surface area contributed by atoms with Crippen LogP contribution < -0.4 is 15.4 Å². The summed E-state index contributed by atoms with van der Waals surface area (Å²) in [5.41, 5.74) is 0.666. The second-order valence-electron chi connectivity index (χ2n) is 5.53. The van der Waals surface area contributed by atoms with Crippen molar-refractivity contribution in [2.24, 2.45) is 0 Å². The molecule has 0 heterocycles. The van der Waals surface area contributed by atoms with Gasteiger partial charge in [0.2, 0.25) is 6.10 Å². The lowest BCUT2D eigenvalue weighted by Crippen LogP contribution is -2.42. The fraction of sp³-hybridized carbons (Fsp3) is 0.200. The first-order chi connectivity index (χ1) is 13.5. The van der Waals surface area contributed by atoms with Gasteiger partial charge in [-0.2, -0.15) is 5.26 Å². The van der Waals surface area contributed by atoms with Crippen LogP contribution in [0.15, 0.2) is 54.6 Å². The molecule has 0 fully saturated rings. The molecule has 0 unspecified atom stereocenters. The number of nitrogens with zero attached hydrogens (tertiary/aromatic N) is 1. The molecule has 0 aliphatic carbocycles. The molecular formula is C20H19N3O5. The molecule has 0 aliphatic rings. The minimum atomic E-state index is -1.33. The molecular weight excluding hydrogens is 362 g/mol. The Morgan fingerprint density at radius 2 is 1.75 bits per heavy atom. The molecule has 2 aromatic carbocycles. The van der Waals surface area contributed by atoms with Crippen LogP contribution in [-0.4, -0.2) is 31.1 Å². The van der Waals surface area contributed by atoms with Crippen molar-refractivity contribution >= 4 is 17.9 Å². The van der Waals surface area contributed by atoms with E-state index in [1.807, 2.05) is 6.07 Å². The van der Waals surface area contributed by atoms with Crippen LogP contribution in [0.1, 0.15) is 24.2 Å². The summed E-state index contributed by atoms with van der Waals surface area (Å²) in [5.74, 6) is -1.39. The van der Waals surface area contributed by atoms with Crippen LogP contribution in [-0.2, 0) is 14.3 Å². The summed E-state index contributed by atoms with van der Waals surface area (Å²) in [6.45, 7) is 1.53. The van der Waals surface area contributed by atoms with Crippen LogP contribution in [0.3, 0.4) is 0 Å². The van der Waals surface area contributed by atoms with Gasteiger partial charge >= 0.3 is 12.0 Å². The monoisotopic (exact) mass is 381 g/mol. The Kier molecular flexibility index (Phi) is 7.54. The molecule has 0 aliphatic heterocycles. The van der Waals surface area contributed by atoms with Gasteiger partial charge in [0.05, 0.1) is 5.56 Å². The lowest BCUT2D eigenvalue weighted by molar-refractivity contribution is -0.158. The smallest absolute Gasteiger partial charge is 0.345 e. The van der Waals surface area contributed by atoms with Gasteiger partial charge in [0.1, 0.15) is 11.8 Å². The number of nitrogens with one attached hydrogen (secondary N) is 2. The highest BCUT2D eigenvalue weighted by Crippen LogP contribution is 2.19. The van der Waals surface area contributed by atoms with Crippen molar-refractivity contribution in [3.05, 3.63) is 65.7 Å². The Balaban J connectivity index is 2.07. The zero-order valence-corrected chi connectivity index (χ0v) is 15.2. The standard InChI is InChI=1S/C20H19N3O5/c1-2-22-20(26)23-19(25)18(14-8-4-3-5-9-14)28-17(24)13-27-16-11-7-6-10-15(16)12-21/h3-11,18H,2,13H2,1H3,(H2,22,23,25,26)/t18-/m1/s1. The molecule has 2 rings (SSSR count). The summed E-state index contributed by atoms with van der Waals surface area (Å²) in [4.78, 5) is 36.2. The highest BCUT2D eigenvalue weighted by atomic mass is 16.6. The van der Waals surface area contributed by atoms with Crippen molar-refractivity contribution in [2.45, 2.75) is 13.0 Å². The first kappa shape index (κ1) is 20.5. The molecule has 8 heteroatoms. The lowest BCUT2D eigenvalue weighted by Gasteiger charge is -2.18. The Morgan fingerprint density at radius 3 is 2.43 bits per heavy atom.